The molecule has 110 valence electrons. The molecule has 0 aromatic heterocycles. The Morgan fingerprint density at radius 1 is 1.05 bits per heavy atom. The van der Waals surface area contributed by atoms with Gasteiger partial charge < -0.3 is 0 Å². The summed E-state index contributed by atoms with van der Waals surface area (Å²) in [5, 5.41) is 0.245. The second-order valence-electron chi connectivity index (χ2n) is 5.20. The lowest BCUT2D eigenvalue weighted by atomic mass is 9.88. The summed E-state index contributed by atoms with van der Waals surface area (Å²) in [4.78, 5) is 0.134. The molecule has 0 fully saturated rings. The third kappa shape index (κ3) is 2.98. The standard InChI is InChI=1S/C16H16ClNO2S/c17-14-9-3-4-11-16(14)21(19,20)18-15-10-5-7-12-6-1-2-8-13(12)15/h1-4,6,8-9,11,15,18H,5,7,10H2/t15-/m0/s1. The van der Waals surface area contributed by atoms with E-state index < -0.39 is 10.0 Å². The summed E-state index contributed by atoms with van der Waals surface area (Å²) in [6.07, 6.45) is 2.79. The zero-order chi connectivity index (χ0) is 14.9. The van der Waals surface area contributed by atoms with Crippen LogP contribution >= 0.6 is 11.6 Å². The van der Waals surface area contributed by atoms with E-state index in [1.165, 1.54) is 11.6 Å². The first-order valence-electron chi connectivity index (χ1n) is 6.92. The number of hydrogen-bond donors (Lipinski definition) is 1. The number of sulfonamides is 1. The third-order valence-corrected chi connectivity index (χ3v) is 5.76. The van der Waals surface area contributed by atoms with E-state index in [2.05, 4.69) is 10.8 Å². The van der Waals surface area contributed by atoms with Crippen LogP contribution in [0.25, 0.3) is 0 Å². The highest BCUT2D eigenvalue weighted by Crippen LogP contribution is 2.31. The summed E-state index contributed by atoms with van der Waals surface area (Å²) in [5.41, 5.74) is 2.29. The number of nitrogens with one attached hydrogen (secondary N) is 1. The fourth-order valence-electron chi connectivity index (χ4n) is 2.79. The van der Waals surface area contributed by atoms with Crippen molar-refractivity contribution < 1.29 is 8.42 Å². The van der Waals surface area contributed by atoms with Gasteiger partial charge in [-0.05, 0) is 42.5 Å². The number of aryl methyl sites for hydroxylation is 1. The quantitative estimate of drug-likeness (QED) is 0.937. The molecule has 1 N–H and O–H groups in total. The van der Waals surface area contributed by atoms with E-state index in [0.29, 0.717) is 0 Å². The number of halogens is 1. The predicted molar refractivity (Wildman–Crippen MR) is 83.9 cm³/mol. The fraction of sp³-hybridized carbons (Fsp3) is 0.250. The number of hydrogen-bond acceptors (Lipinski definition) is 2. The van der Waals surface area contributed by atoms with Crippen molar-refractivity contribution in [1.29, 1.82) is 0 Å². The average molecular weight is 322 g/mol. The van der Waals surface area contributed by atoms with Crippen molar-refractivity contribution >= 4 is 21.6 Å². The lowest BCUT2D eigenvalue weighted by Crippen LogP contribution is -2.31. The van der Waals surface area contributed by atoms with E-state index in [1.807, 2.05) is 18.2 Å². The van der Waals surface area contributed by atoms with E-state index in [0.717, 1.165) is 24.8 Å². The minimum absolute atomic E-state index is 0.134. The SMILES string of the molecule is O=S(=O)(N[C@H]1CCCc2ccccc21)c1ccccc1Cl. The normalized spacial score (nSPS) is 18.2. The summed E-state index contributed by atoms with van der Waals surface area (Å²) in [7, 11) is -3.62. The highest BCUT2D eigenvalue weighted by atomic mass is 35.5. The maximum atomic E-state index is 12.5. The average Bonchev–Trinajstić information content (AvgIpc) is 2.47. The summed E-state index contributed by atoms with van der Waals surface area (Å²) < 4.78 is 27.9. The van der Waals surface area contributed by atoms with E-state index >= 15 is 0 Å². The molecule has 3 rings (SSSR count). The minimum atomic E-state index is -3.62. The molecular weight excluding hydrogens is 306 g/mol. The van der Waals surface area contributed by atoms with Crippen molar-refractivity contribution in [3.63, 3.8) is 0 Å². The summed E-state index contributed by atoms with van der Waals surface area (Å²) in [6.45, 7) is 0. The van der Waals surface area contributed by atoms with Gasteiger partial charge in [-0.3, -0.25) is 0 Å². The van der Waals surface area contributed by atoms with E-state index in [-0.39, 0.29) is 16.0 Å². The lowest BCUT2D eigenvalue weighted by Gasteiger charge is -2.26. The van der Waals surface area contributed by atoms with Gasteiger partial charge in [-0.15, -0.1) is 0 Å². The van der Waals surface area contributed by atoms with E-state index in [1.54, 1.807) is 18.2 Å². The van der Waals surface area contributed by atoms with Gasteiger partial charge in [-0.2, -0.15) is 0 Å². The van der Waals surface area contributed by atoms with Gasteiger partial charge in [0, 0.05) is 6.04 Å². The zero-order valence-corrected chi connectivity index (χ0v) is 13.0. The summed E-state index contributed by atoms with van der Waals surface area (Å²) in [6, 6.07) is 14.3. The summed E-state index contributed by atoms with van der Waals surface area (Å²) in [5.74, 6) is 0. The van der Waals surface area contributed by atoms with Gasteiger partial charge in [-0.1, -0.05) is 48.0 Å². The van der Waals surface area contributed by atoms with Gasteiger partial charge in [-0.25, -0.2) is 13.1 Å². The van der Waals surface area contributed by atoms with Gasteiger partial charge in [0.05, 0.1) is 5.02 Å². The van der Waals surface area contributed by atoms with Crippen molar-refractivity contribution in [3.8, 4) is 0 Å². The van der Waals surface area contributed by atoms with Crippen molar-refractivity contribution in [2.75, 3.05) is 0 Å². The highest BCUT2D eigenvalue weighted by molar-refractivity contribution is 7.89. The van der Waals surface area contributed by atoms with Gasteiger partial charge in [0.2, 0.25) is 10.0 Å². The number of fused-ring (bicyclic) bond motifs is 1. The second-order valence-corrected chi connectivity index (χ2v) is 7.28. The Kier molecular flexibility index (Phi) is 4.02. The Bertz CT molecular complexity index is 758. The molecule has 2 aromatic rings. The second kappa shape index (κ2) is 5.79. The van der Waals surface area contributed by atoms with Crippen LogP contribution in [-0.2, 0) is 16.4 Å². The molecular formula is C16H16ClNO2S. The monoisotopic (exact) mass is 321 g/mol. The highest BCUT2D eigenvalue weighted by Gasteiger charge is 2.26. The van der Waals surface area contributed by atoms with Crippen LogP contribution in [0.2, 0.25) is 5.02 Å². The van der Waals surface area contributed by atoms with Gasteiger partial charge in [0.15, 0.2) is 0 Å². The van der Waals surface area contributed by atoms with Crippen LogP contribution in [0.3, 0.4) is 0 Å². The molecule has 0 bridgehead atoms. The molecule has 21 heavy (non-hydrogen) atoms. The Morgan fingerprint density at radius 3 is 2.57 bits per heavy atom. The number of rotatable bonds is 3. The van der Waals surface area contributed by atoms with Crippen molar-refractivity contribution in [1.82, 2.24) is 4.72 Å². The maximum Gasteiger partial charge on any atom is 0.242 e. The van der Waals surface area contributed by atoms with Gasteiger partial charge >= 0.3 is 0 Å². The molecule has 2 aromatic carbocycles. The van der Waals surface area contributed by atoms with E-state index in [9.17, 15) is 8.42 Å². The molecule has 1 aliphatic carbocycles. The molecule has 3 nitrogen and oxygen atoms in total. The predicted octanol–water partition coefficient (Wildman–Crippen LogP) is 3.70. The molecule has 0 saturated carbocycles. The van der Waals surface area contributed by atoms with E-state index in [4.69, 9.17) is 11.6 Å². The molecule has 0 heterocycles. The maximum absolute atomic E-state index is 12.5. The Balaban J connectivity index is 1.93. The fourth-order valence-corrected chi connectivity index (χ4v) is 4.56. The van der Waals surface area contributed by atoms with Crippen LogP contribution in [-0.4, -0.2) is 8.42 Å². The van der Waals surface area contributed by atoms with Crippen LogP contribution in [0, 0.1) is 0 Å². The number of benzene rings is 2. The molecule has 1 atom stereocenters. The molecule has 0 radical (unpaired) electrons. The first-order chi connectivity index (χ1) is 10.1. The first kappa shape index (κ1) is 14.6. The smallest absolute Gasteiger partial charge is 0.207 e. The molecule has 0 aliphatic heterocycles. The Labute approximate surface area is 130 Å². The largest absolute Gasteiger partial charge is 0.242 e. The van der Waals surface area contributed by atoms with Crippen molar-refractivity contribution in [3.05, 3.63) is 64.7 Å². The minimum Gasteiger partial charge on any atom is -0.207 e. The van der Waals surface area contributed by atoms with Crippen molar-refractivity contribution in [2.24, 2.45) is 0 Å². The molecule has 0 saturated heterocycles. The summed E-state index contributed by atoms with van der Waals surface area (Å²) >= 11 is 6.01. The van der Waals surface area contributed by atoms with Crippen molar-refractivity contribution in [2.45, 2.75) is 30.2 Å². The molecule has 1 aliphatic rings. The molecule has 0 spiro atoms. The zero-order valence-electron chi connectivity index (χ0n) is 11.4. The Hall–Kier alpha value is -1.36. The first-order valence-corrected chi connectivity index (χ1v) is 8.79. The topological polar surface area (TPSA) is 46.2 Å². The molecule has 0 unspecified atom stereocenters. The lowest BCUT2D eigenvalue weighted by molar-refractivity contribution is 0.507. The van der Waals surface area contributed by atoms with Gasteiger partial charge in [0.25, 0.3) is 0 Å². The molecule has 0 amide bonds. The van der Waals surface area contributed by atoms with Crippen LogP contribution < -0.4 is 4.72 Å². The third-order valence-electron chi connectivity index (χ3n) is 3.79. The van der Waals surface area contributed by atoms with Crippen LogP contribution in [0.15, 0.2) is 53.4 Å². The molecule has 5 heteroatoms. The van der Waals surface area contributed by atoms with Crippen LogP contribution in [0.5, 0.6) is 0 Å². The Morgan fingerprint density at radius 2 is 1.76 bits per heavy atom. The van der Waals surface area contributed by atoms with Crippen LogP contribution in [0.4, 0.5) is 0 Å². The van der Waals surface area contributed by atoms with Crippen LogP contribution in [0.1, 0.15) is 30.0 Å². The van der Waals surface area contributed by atoms with Gasteiger partial charge in [0.1, 0.15) is 4.90 Å².